The third-order valence-electron chi connectivity index (χ3n) is 3.56. The molecule has 0 aromatic carbocycles. The Kier molecular flexibility index (Phi) is 5.01. The molecule has 0 aromatic heterocycles. The van der Waals surface area contributed by atoms with Gasteiger partial charge in [0.05, 0.1) is 5.54 Å². The number of nitrogens with one attached hydrogen (secondary N) is 1. The predicted octanol–water partition coefficient (Wildman–Crippen LogP) is 2.50. The Hall–Kier alpha value is -0.780. The summed E-state index contributed by atoms with van der Waals surface area (Å²) in [4.78, 5) is 11.4. The number of primary amides is 1. The molecular weight excluding hydrogens is 245 g/mol. The lowest BCUT2D eigenvalue weighted by Crippen LogP contribution is -2.56. The van der Waals surface area contributed by atoms with Crippen LogP contribution in [0.1, 0.15) is 51.9 Å². The lowest BCUT2D eigenvalue weighted by molar-refractivity contribution is -0.138. The molecule has 0 spiro atoms. The molecule has 0 radical (unpaired) electrons. The fourth-order valence-electron chi connectivity index (χ4n) is 2.43. The van der Waals surface area contributed by atoms with E-state index in [1.165, 1.54) is 0 Å². The van der Waals surface area contributed by atoms with Crippen LogP contribution in [0.2, 0.25) is 0 Å². The molecule has 0 aromatic rings. The first-order chi connectivity index (χ1) is 8.23. The molecule has 1 fully saturated rings. The lowest BCUT2D eigenvalue weighted by Gasteiger charge is -2.31. The Morgan fingerprint density at radius 2 is 1.83 bits per heavy atom. The quantitative estimate of drug-likeness (QED) is 0.776. The summed E-state index contributed by atoms with van der Waals surface area (Å²) in [5, 5.41) is 3.14. The highest BCUT2D eigenvalue weighted by Crippen LogP contribution is 2.27. The van der Waals surface area contributed by atoms with Crippen LogP contribution in [0.25, 0.3) is 0 Å². The van der Waals surface area contributed by atoms with E-state index in [4.69, 9.17) is 5.73 Å². The van der Waals surface area contributed by atoms with Crippen molar-refractivity contribution in [3.63, 3.8) is 0 Å². The second-order valence-electron chi connectivity index (χ2n) is 5.29. The van der Waals surface area contributed by atoms with Gasteiger partial charge in [0.1, 0.15) is 0 Å². The van der Waals surface area contributed by atoms with Gasteiger partial charge in [-0.3, -0.25) is 4.79 Å². The first kappa shape index (κ1) is 15.3. The number of carbonyl (C=O) groups is 1. The van der Waals surface area contributed by atoms with Crippen molar-refractivity contribution in [1.82, 2.24) is 5.32 Å². The van der Waals surface area contributed by atoms with E-state index in [1.54, 1.807) is 6.92 Å². The zero-order chi connectivity index (χ0) is 13.8. The summed E-state index contributed by atoms with van der Waals surface area (Å²) in [6.45, 7) is 1.60. The highest BCUT2D eigenvalue weighted by molar-refractivity contribution is 5.84. The van der Waals surface area contributed by atoms with Crippen molar-refractivity contribution < 1.29 is 18.0 Å². The summed E-state index contributed by atoms with van der Waals surface area (Å²) >= 11 is 0. The van der Waals surface area contributed by atoms with Crippen LogP contribution in [0, 0.1) is 0 Å². The van der Waals surface area contributed by atoms with Crippen molar-refractivity contribution in [2.75, 3.05) is 0 Å². The molecule has 1 unspecified atom stereocenters. The molecule has 1 rings (SSSR count). The molecule has 3 nitrogen and oxygen atoms in total. The predicted molar refractivity (Wildman–Crippen MR) is 62.9 cm³/mol. The molecule has 3 N–H and O–H groups in total. The topological polar surface area (TPSA) is 55.1 Å². The number of amides is 1. The van der Waals surface area contributed by atoms with Gasteiger partial charge in [-0.05, 0) is 32.6 Å². The maximum Gasteiger partial charge on any atom is 0.389 e. The Morgan fingerprint density at radius 3 is 2.28 bits per heavy atom. The number of hydrogen-bond donors (Lipinski definition) is 2. The Bertz CT molecular complexity index is 288. The van der Waals surface area contributed by atoms with Crippen LogP contribution in [0.3, 0.4) is 0 Å². The first-order valence-corrected chi connectivity index (χ1v) is 6.37. The fourth-order valence-corrected chi connectivity index (χ4v) is 2.43. The van der Waals surface area contributed by atoms with Crippen LogP contribution in [0.4, 0.5) is 13.2 Å². The molecule has 1 aliphatic rings. The summed E-state index contributed by atoms with van der Waals surface area (Å²) in [6.07, 6.45) is -0.899. The molecule has 6 heteroatoms. The average molecular weight is 266 g/mol. The summed E-state index contributed by atoms with van der Waals surface area (Å²) in [5.74, 6) is -0.573. The fraction of sp³-hybridized carbons (Fsp3) is 0.917. The minimum absolute atomic E-state index is 0.0807. The van der Waals surface area contributed by atoms with Crippen molar-refractivity contribution in [2.45, 2.75) is 69.6 Å². The number of hydrogen-bond acceptors (Lipinski definition) is 2. The van der Waals surface area contributed by atoms with Crippen LogP contribution in [0.15, 0.2) is 0 Å². The molecule has 0 bridgehead atoms. The van der Waals surface area contributed by atoms with Crippen molar-refractivity contribution >= 4 is 5.91 Å². The molecule has 1 amide bonds. The number of alkyl halides is 3. The van der Waals surface area contributed by atoms with Crippen LogP contribution in [-0.2, 0) is 4.79 Å². The molecule has 1 atom stereocenters. The number of nitrogens with two attached hydrogens (primary N) is 1. The average Bonchev–Trinajstić information content (AvgIpc) is 2.67. The Labute approximate surface area is 105 Å². The summed E-state index contributed by atoms with van der Waals surface area (Å²) < 4.78 is 36.3. The van der Waals surface area contributed by atoms with Crippen molar-refractivity contribution in [3.8, 4) is 0 Å². The van der Waals surface area contributed by atoms with Crippen LogP contribution in [-0.4, -0.2) is 23.7 Å². The minimum atomic E-state index is -4.17. The van der Waals surface area contributed by atoms with Gasteiger partial charge in [0.25, 0.3) is 0 Å². The molecule has 1 saturated carbocycles. The SMILES string of the molecule is CC(CCCC(F)(F)F)(NC1CCCC1)C(N)=O. The standard InChI is InChI=1S/C12H21F3N2O/c1-11(10(16)18,7-4-8-12(13,14)15)17-9-5-2-3-6-9/h9,17H,2-8H2,1H3,(H2,16,18). The van der Waals surface area contributed by atoms with Gasteiger partial charge in [0.2, 0.25) is 5.91 Å². The van der Waals surface area contributed by atoms with E-state index < -0.39 is 24.0 Å². The summed E-state index contributed by atoms with van der Waals surface area (Å²) in [5.41, 5.74) is 4.29. The summed E-state index contributed by atoms with van der Waals surface area (Å²) in [6, 6.07) is 0.202. The van der Waals surface area contributed by atoms with Crippen molar-refractivity contribution in [1.29, 1.82) is 0 Å². The Balaban J connectivity index is 2.48. The van der Waals surface area contributed by atoms with Gasteiger partial charge >= 0.3 is 6.18 Å². The van der Waals surface area contributed by atoms with E-state index in [0.717, 1.165) is 25.7 Å². The van der Waals surface area contributed by atoms with E-state index in [-0.39, 0.29) is 18.9 Å². The molecule has 1 aliphatic carbocycles. The van der Waals surface area contributed by atoms with Gasteiger partial charge in [0.15, 0.2) is 0 Å². The lowest BCUT2D eigenvalue weighted by atomic mass is 9.92. The largest absolute Gasteiger partial charge is 0.389 e. The zero-order valence-electron chi connectivity index (χ0n) is 10.6. The highest BCUT2D eigenvalue weighted by Gasteiger charge is 2.35. The van der Waals surface area contributed by atoms with E-state index in [1.807, 2.05) is 0 Å². The van der Waals surface area contributed by atoms with Gasteiger partial charge in [-0.25, -0.2) is 0 Å². The normalized spacial score (nSPS) is 20.9. The van der Waals surface area contributed by atoms with E-state index in [0.29, 0.717) is 0 Å². The van der Waals surface area contributed by atoms with Gasteiger partial charge in [-0.2, -0.15) is 13.2 Å². The third-order valence-corrected chi connectivity index (χ3v) is 3.56. The van der Waals surface area contributed by atoms with E-state index >= 15 is 0 Å². The maximum atomic E-state index is 12.1. The van der Waals surface area contributed by atoms with Crippen LogP contribution < -0.4 is 11.1 Å². The molecule has 106 valence electrons. The van der Waals surface area contributed by atoms with Gasteiger partial charge in [0, 0.05) is 12.5 Å². The van der Waals surface area contributed by atoms with Crippen LogP contribution in [0.5, 0.6) is 0 Å². The minimum Gasteiger partial charge on any atom is -0.368 e. The molecule has 0 saturated heterocycles. The molecular formula is C12H21F3N2O. The van der Waals surface area contributed by atoms with Gasteiger partial charge < -0.3 is 11.1 Å². The van der Waals surface area contributed by atoms with E-state index in [2.05, 4.69) is 5.32 Å². The third kappa shape index (κ3) is 4.84. The molecule has 0 aliphatic heterocycles. The number of carbonyl (C=O) groups excluding carboxylic acids is 1. The number of rotatable bonds is 6. The van der Waals surface area contributed by atoms with Gasteiger partial charge in [-0.15, -0.1) is 0 Å². The maximum absolute atomic E-state index is 12.1. The highest BCUT2D eigenvalue weighted by atomic mass is 19.4. The smallest absolute Gasteiger partial charge is 0.368 e. The van der Waals surface area contributed by atoms with E-state index in [9.17, 15) is 18.0 Å². The first-order valence-electron chi connectivity index (χ1n) is 6.37. The van der Waals surface area contributed by atoms with Crippen LogP contribution >= 0.6 is 0 Å². The zero-order valence-corrected chi connectivity index (χ0v) is 10.6. The molecule has 0 heterocycles. The van der Waals surface area contributed by atoms with Crippen molar-refractivity contribution in [3.05, 3.63) is 0 Å². The Morgan fingerprint density at radius 1 is 1.28 bits per heavy atom. The monoisotopic (exact) mass is 266 g/mol. The van der Waals surface area contributed by atoms with Crippen molar-refractivity contribution in [2.24, 2.45) is 5.73 Å². The molecule has 18 heavy (non-hydrogen) atoms. The summed E-state index contributed by atoms with van der Waals surface area (Å²) in [7, 11) is 0. The second-order valence-corrected chi connectivity index (χ2v) is 5.29. The second kappa shape index (κ2) is 5.91. The number of halogens is 3. The van der Waals surface area contributed by atoms with Gasteiger partial charge in [-0.1, -0.05) is 12.8 Å².